The lowest BCUT2D eigenvalue weighted by molar-refractivity contribution is -0.883. The van der Waals surface area contributed by atoms with Gasteiger partial charge in [0.15, 0.2) is 0 Å². The smallest absolute Gasteiger partial charge is 0.243 e. The number of carboxylic acid groups (broad SMARTS) is 1. The Hall–Kier alpha value is -1.44. The number of hydrogen-bond donors (Lipinski definition) is 1. The number of nitrogens with one attached hydrogen (secondary N) is 1. The number of hydrogen-bond acceptors (Lipinski definition) is 4. The van der Waals surface area contributed by atoms with Gasteiger partial charge in [0.05, 0.1) is 38.1 Å². The average Bonchev–Trinajstić information content (AvgIpc) is 2.46. The van der Waals surface area contributed by atoms with E-state index in [0.717, 1.165) is 13.1 Å². The fourth-order valence-electron chi connectivity index (χ4n) is 2.37. The van der Waals surface area contributed by atoms with Crippen LogP contribution in [0.25, 0.3) is 0 Å². The number of sulfonamides is 1. The minimum atomic E-state index is -3.49. The van der Waals surface area contributed by atoms with E-state index in [1.807, 2.05) is 7.05 Å². The third-order valence-corrected chi connectivity index (χ3v) is 5.62. The van der Waals surface area contributed by atoms with Crippen LogP contribution >= 0.6 is 0 Å². The second-order valence-electron chi connectivity index (χ2n) is 5.38. The van der Waals surface area contributed by atoms with Crippen molar-refractivity contribution in [1.29, 1.82) is 0 Å². The van der Waals surface area contributed by atoms with Crippen LogP contribution in [0.2, 0.25) is 0 Å². The third-order valence-electron chi connectivity index (χ3n) is 3.73. The number of carboxylic acids is 1. The van der Waals surface area contributed by atoms with Crippen LogP contribution in [0.5, 0.6) is 0 Å². The van der Waals surface area contributed by atoms with Crippen LogP contribution in [0.3, 0.4) is 0 Å². The number of quaternary nitrogens is 1. The number of rotatable bonds is 5. The molecule has 1 aliphatic heterocycles. The number of aliphatic carboxylic acids is 1. The Morgan fingerprint density at radius 3 is 2.62 bits per heavy atom. The highest BCUT2D eigenvalue weighted by molar-refractivity contribution is 7.89. The van der Waals surface area contributed by atoms with Crippen molar-refractivity contribution in [3.05, 3.63) is 29.8 Å². The van der Waals surface area contributed by atoms with E-state index in [-0.39, 0.29) is 17.7 Å². The Morgan fingerprint density at radius 1 is 1.33 bits per heavy atom. The normalized spacial score (nSPS) is 17.8. The summed E-state index contributed by atoms with van der Waals surface area (Å²) in [4.78, 5) is 12.1. The zero-order valence-electron chi connectivity index (χ0n) is 12.0. The van der Waals surface area contributed by atoms with Crippen LogP contribution in [0.15, 0.2) is 29.2 Å². The molecule has 1 N–H and O–H groups in total. The van der Waals surface area contributed by atoms with Crippen LogP contribution in [0.1, 0.15) is 12.0 Å². The summed E-state index contributed by atoms with van der Waals surface area (Å²) >= 11 is 0. The van der Waals surface area contributed by atoms with Crippen molar-refractivity contribution in [2.24, 2.45) is 0 Å². The van der Waals surface area contributed by atoms with Gasteiger partial charge in [0.2, 0.25) is 10.0 Å². The highest BCUT2D eigenvalue weighted by Gasteiger charge is 2.29. The van der Waals surface area contributed by atoms with Crippen LogP contribution in [-0.4, -0.2) is 51.9 Å². The van der Waals surface area contributed by atoms with Gasteiger partial charge in [-0.05, 0) is 30.5 Å². The predicted octanol–water partition coefficient (Wildman–Crippen LogP) is -2.11. The maximum atomic E-state index is 12.6. The molecule has 1 heterocycles. The first-order valence-electron chi connectivity index (χ1n) is 7.00. The minimum absolute atomic E-state index is 0.110. The summed E-state index contributed by atoms with van der Waals surface area (Å²) in [7, 11) is -1.44. The second-order valence-corrected chi connectivity index (χ2v) is 7.32. The van der Waals surface area contributed by atoms with Gasteiger partial charge in [-0.1, -0.05) is 12.1 Å². The quantitative estimate of drug-likeness (QED) is 0.674. The van der Waals surface area contributed by atoms with Gasteiger partial charge in [0.25, 0.3) is 0 Å². The van der Waals surface area contributed by atoms with Crippen molar-refractivity contribution >= 4 is 16.0 Å². The Bertz CT molecular complexity index is 607. The number of carbonyl (C=O) groups is 1. The van der Waals surface area contributed by atoms with Crippen molar-refractivity contribution in [1.82, 2.24) is 4.31 Å². The summed E-state index contributed by atoms with van der Waals surface area (Å²) in [6.07, 6.45) is 0.167. The number of aryl methyl sites for hydroxylation is 1. The van der Waals surface area contributed by atoms with Gasteiger partial charge in [-0.25, -0.2) is 8.42 Å². The minimum Gasteiger partial charge on any atom is -0.550 e. The Balaban J connectivity index is 2.16. The van der Waals surface area contributed by atoms with Gasteiger partial charge < -0.3 is 14.8 Å². The fourth-order valence-corrected chi connectivity index (χ4v) is 3.88. The van der Waals surface area contributed by atoms with Crippen LogP contribution in [0, 0.1) is 0 Å². The van der Waals surface area contributed by atoms with Crippen LogP contribution < -0.4 is 10.0 Å². The highest BCUT2D eigenvalue weighted by Crippen LogP contribution is 2.18. The summed E-state index contributed by atoms with van der Waals surface area (Å²) in [6, 6.07) is 6.50. The lowest BCUT2D eigenvalue weighted by Gasteiger charge is -2.29. The van der Waals surface area contributed by atoms with Crippen LogP contribution in [-0.2, 0) is 21.2 Å². The summed E-state index contributed by atoms with van der Waals surface area (Å²) < 4.78 is 26.6. The van der Waals surface area contributed by atoms with E-state index in [9.17, 15) is 18.3 Å². The maximum absolute atomic E-state index is 12.6. The molecule has 0 unspecified atom stereocenters. The molecule has 0 saturated carbocycles. The lowest BCUT2D eigenvalue weighted by atomic mass is 10.1. The first-order chi connectivity index (χ1) is 9.89. The molecular formula is C14H20N2O4S. The molecule has 0 aliphatic carbocycles. The molecule has 0 bridgehead atoms. The van der Waals surface area contributed by atoms with E-state index in [4.69, 9.17) is 0 Å². The van der Waals surface area contributed by atoms with Gasteiger partial charge in [-0.3, -0.25) is 0 Å². The molecule has 116 valence electrons. The van der Waals surface area contributed by atoms with Gasteiger partial charge >= 0.3 is 0 Å². The van der Waals surface area contributed by atoms with E-state index in [0.29, 0.717) is 18.7 Å². The average molecular weight is 312 g/mol. The number of nitrogens with zero attached hydrogens (tertiary/aromatic N) is 1. The Labute approximate surface area is 125 Å². The molecule has 0 amide bonds. The lowest BCUT2D eigenvalue weighted by Crippen LogP contribution is -3.12. The summed E-state index contributed by atoms with van der Waals surface area (Å²) in [6.45, 7) is 2.61. The largest absolute Gasteiger partial charge is 0.550 e. The number of likely N-dealkylation sites (N-methyl/N-ethyl adjacent to an activating group) is 1. The molecule has 1 aliphatic rings. The summed E-state index contributed by atoms with van der Waals surface area (Å²) in [5.74, 6) is -1.13. The van der Waals surface area contributed by atoms with Crippen molar-refractivity contribution in [2.45, 2.75) is 17.7 Å². The molecule has 0 aromatic heterocycles. The maximum Gasteiger partial charge on any atom is 0.243 e. The van der Waals surface area contributed by atoms with E-state index >= 15 is 0 Å². The zero-order chi connectivity index (χ0) is 15.5. The van der Waals surface area contributed by atoms with Crippen LogP contribution in [0.4, 0.5) is 0 Å². The van der Waals surface area contributed by atoms with Gasteiger partial charge in [-0.15, -0.1) is 0 Å². The fraction of sp³-hybridized carbons (Fsp3) is 0.500. The molecule has 1 fully saturated rings. The van der Waals surface area contributed by atoms with Crippen molar-refractivity contribution in [3.63, 3.8) is 0 Å². The predicted molar refractivity (Wildman–Crippen MR) is 75.1 cm³/mol. The standard InChI is InChI=1S/C14H20N2O4S/c1-15-7-9-16(10-8-15)21(19,20)13-4-2-3-12(11-13)5-6-14(17)18/h2-4,11H,5-10H2,1H3,(H,17,18). The summed E-state index contributed by atoms with van der Waals surface area (Å²) in [5, 5.41) is 10.5. The van der Waals surface area contributed by atoms with E-state index in [2.05, 4.69) is 0 Å². The molecule has 0 spiro atoms. The molecular weight excluding hydrogens is 292 g/mol. The number of piperazine rings is 1. The molecule has 1 saturated heterocycles. The van der Waals surface area contributed by atoms with Gasteiger partial charge in [0.1, 0.15) is 0 Å². The highest BCUT2D eigenvalue weighted by atomic mass is 32.2. The molecule has 1 aromatic rings. The van der Waals surface area contributed by atoms with Crippen molar-refractivity contribution < 1.29 is 23.2 Å². The van der Waals surface area contributed by atoms with Crippen molar-refractivity contribution in [3.8, 4) is 0 Å². The molecule has 7 heteroatoms. The second kappa shape index (κ2) is 6.55. The molecule has 6 nitrogen and oxygen atoms in total. The van der Waals surface area contributed by atoms with Gasteiger partial charge in [-0.2, -0.15) is 4.31 Å². The number of carbonyl (C=O) groups excluding carboxylic acids is 1. The van der Waals surface area contributed by atoms with E-state index in [1.54, 1.807) is 24.3 Å². The van der Waals surface area contributed by atoms with Crippen molar-refractivity contribution in [2.75, 3.05) is 33.2 Å². The molecule has 21 heavy (non-hydrogen) atoms. The zero-order valence-corrected chi connectivity index (χ0v) is 12.9. The van der Waals surface area contributed by atoms with Gasteiger partial charge in [0, 0.05) is 5.97 Å². The number of benzene rings is 1. The Kier molecular flexibility index (Phi) is 4.97. The van der Waals surface area contributed by atoms with E-state index < -0.39 is 16.0 Å². The molecule has 0 radical (unpaired) electrons. The summed E-state index contributed by atoms with van der Waals surface area (Å²) in [5.41, 5.74) is 0.694. The molecule has 0 atom stereocenters. The SMILES string of the molecule is C[NH+]1CCN(S(=O)(=O)c2cccc(CCC(=O)[O-])c2)CC1. The van der Waals surface area contributed by atoms with E-state index in [1.165, 1.54) is 9.21 Å². The third kappa shape index (κ3) is 4.03. The monoisotopic (exact) mass is 312 g/mol. The molecule has 1 aromatic carbocycles. The first-order valence-corrected chi connectivity index (χ1v) is 8.44. The topological polar surface area (TPSA) is 82.0 Å². The first kappa shape index (κ1) is 15.9. The Morgan fingerprint density at radius 2 is 2.00 bits per heavy atom. The molecule has 2 rings (SSSR count).